The van der Waals surface area contributed by atoms with E-state index in [1.54, 1.807) is 13.0 Å². The molecule has 2 nitrogen and oxygen atoms in total. The van der Waals surface area contributed by atoms with E-state index in [9.17, 15) is 0 Å². The second-order valence-corrected chi connectivity index (χ2v) is 3.39. The summed E-state index contributed by atoms with van der Waals surface area (Å²) in [6.45, 7) is 1.74. The normalized spacial score (nSPS) is 13.9. The molecular weight excluding hydrogens is 174 g/mol. The minimum Gasteiger partial charge on any atom is -0.389 e. The number of nitrogens with one attached hydrogen (secondary N) is 1. The van der Waals surface area contributed by atoms with Gasteiger partial charge < -0.3 is 10.1 Å². The van der Waals surface area contributed by atoms with E-state index in [2.05, 4.69) is 11.1 Å². The number of para-hydroxylation sites is 1. The molecule has 2 rings (SSSR count). The summed E-state index contributed by atoms with van der Waals surface area (Å²) in [4.78, 5) is 3.18. The van der Waals surface area contributed by atoms with Crippen molar-refractivity contribution in [3.05, 3.63) is 42.1 Å². The average molecular weight is 187 g/mol. The Morgan fingerprint density at radius 2 is 2.14 bits per heavy atom. The predicted octanol–water partition coefficient (Wildman–Crippen LogP) is 2.56. The predicted molar refractivity (Wildman–Crippen MR) is 59.0 cm³/mol. The Morgan fingerprint density at radius 3 is 2.93 bits per heavy atom. The van der Waals surface area contributed by atoms with Crippen molar-refractivity contribution in [1.29, 1.82) is 0 Å². The van der Waals surface area contributed by atoms with Crippen LogP contribution in [0.25, 0.3) is 17.0 Å². The Morgan fingerprint density at radius 1 is 1.36 bits per heavy atom. The SMILES string of the molecule is CC(O)/C=C/c1c[nH]c2ccccc12. The molecule has 0 radical (unpaired) electrons. The molecule has 2 N–H and O–H groups in total. The Bertz CT molecular complexity index is 454. The number of H-pyrrole nitrogens is 1. The first-order valence-electron chi connectivity index (χ1n) is 4.70. The van der Waals surface area contributed by atoms with Crippen molar-refractivity contribution in [3.8, 4) is 0 Å². The molecule has 0 spiro atoms. The van der Waals surface area contributed by atoms with Crippen molar-refractivity contribution in [2.24, 2.45) is 0 Å². The molecule has 72 valence electrons. The number of benzene rings is 1. The van der Waals surface area contributed by atoms with Gasteiger partial charge in [0, 0.05) is 17.1 Å². The molecule has 0 saturated heterocycles. The lowest BCUT2D eigenvalue weighted by Crippen LogP contribution is -1.90. The number of hydrogen-bond donors (Lipinski definition) is 2. The number of aromatic nitrogens is 1. The molecule has 14 heavy (non-hydrogen) atoms. The van der Waals surface area contributed by atoms with Gasteiger partial charge in [-0.25, -0.2) is 0 Å². The molecule has 1 aromatic heterocycles. The van der Waals surface area contributed by atoms with Gasteiger partial charge in [-0.3, -0.25) is 0 Å². The van der Waals surface area contributed by atoms with Gasteiger partial charge in [0.2, 0.25) is 0 Å². The van der Waals surface area contributed by atoms with E-state index in [4.69, 9.17) is 5.11 Å². The lowest BCUT2D eigenvalue weighted by molar-refractivity contribution is 0.245. The van der Waals surface area contributed by atoms with Crippen molar-refractivity contribution in [2.45, 2.75) is 13.0 Å². The first-order valence-corrected chi connectivity index (χ1v) is 4.70. The van der Waals surface area contributed by atoms with E-state index in [0.717, 1.165) is 11.1 Å². The molecule has 2 aromatic rings. The highest BCUT2D eigenvalue weighted by Gasteiger charge is 1.98. The highest BCUT2D eigenvalue weighted by atomic mass is 16.3. The van der Waals surface area contributed by atoms with Gasteiger partial charge in [0.15, 0.2) is 0 Å². The molecule has 0 aliphatic carbocycles. The fourth-order valence-corrected chi connectivity index (χ4v) is 1.47. The van der Waals surface area contributed by atoms with Gasteiger partial charge in [0.25, 0.3) is 0 Å². The van der Waals surface area contributed by atoms with Gasteiger partial charge in [0.05, 0.1) is 6.10 Å². The van der Waals surface area contributed by atoms with Crippen molar-refractivity contribution in [3.63, 3.8) is 0 Å². The summed E-state index contributed by atoms with van der Waals surface area (Å²) in [5.41, 5.74) is 2.24. The Balaban J connectivity index is 2.43. The van der Waals surface area contributed by atoms with Crippen molar-refractivity contribution in [2.75, 3.05) is 0 Å². The number of aliphatic hydroxyl groups excluding tert-OH is 1. The van der Waals surface area contributed by atoms with Crippen molar-refractivity contribution in [1.82, 2.24) is 4.98 Å². The molecule has 2 heteroatoms. The largest absolute Gasteiger partial charge is 0.389 e. The molecule has 0 bridgehead atoms. The fraction of sp³-hybridized carbons (Fsp3) is 0.167. The maximum absolute atomic E-state index is 9.13. The van der Waals surface area contributed by atoms with E-state index in [0.29, 0.717) is 0 Å². The van der Waals surface area contributed by atoms with Gasteiger partial charge in [-0.15, -0.1) is 0 Å². The lowest BCUT2D eigenvalue weighted by Gasteiger charge is -1.93. The standard InChI is InChI=1S/C12H13NO/c1-9(14)6-7-10-8-13-12-5-3-2-4-11(10)12/h2-9,13-14H,1H3/b7-6+. The number of aromatic amines is 1. The second kappa shape index (κ2) is 3.68. The quantitative estimate of drug-likeness (QED) is 0.744. The summed E-state index contributed by atoms with van der Waals surface area (Å²) < 4.78 is 0. The molecule has 1 atom stereocenters. The van der Waals surface area contributed by atoms with Crippen LogP contribution in [0.3, 0.4) is 0 Å². The third-order valence-electron chi connectivity index (χ3n) is 2.18. The van der Waals surface area contributed by atoms with Gasteiger partial charge in [-0.05, 0) is 18.6 Å². The maximum atomic E-state index is 9.13. The monoisotopic (exact) mass is 187 g/mol. The number of aliphatic hydroxyl groups is 1. The first kappa shape index (κ1) is 9.03. The second-order valence-electron chi connectivity index (χ2n) is 3.39. The van der Waals surface area contributed by atoms with Crippen LogP contribution in [0, 0.1) is 0 Å². The average Bonchev–Trinajstić information content (AvgIpc) is 2.58. The smallest absolute Gasteiger partial charge is 0.0696 e. The van der Waals surface area contributed by atoms with E-state index >= 15 is 0 Å². The summed E-state index contributed by atoms with van der Waals surface area (Å²) in [5.74, 6) is 0. The topological polar surface area (TPSA) is 36.0 Å². The molecule has 0 amide bonds. The zero-order chi connectivity index (χ0) is 9.97. The van der Waals surface area contributed by atoms with Gasteiger partial charge in [0.1, 0.15) is 0 Å². The third kappa shape index (κ3) is 1.70. The minimum absolute atomic E-state index is 0.399. The lowest BCUT2D eigenvalue weighted by atomic mass is 10.1. The third-order valence-corrected chi connectivity index (χ3v) is 2.18. The number of rotatable bonds is 2. The van der Waals surface area contributed by atoms with Gasteiger partial charge in [-0.1, -0.05) is 30.4 Å². The van der Waals surface area contributed by atoms with E-state index in [1.165, 1.54) is 5.39 Å². The zero-order valence-corrected chi connectivity index (χ0v) is 8.07. The Kier molecular flexibility index (Phi) is 2.37. The van der Waals surface area contributed by atoms with E-state index in [1.807, 2.05) is 30.5 Å². The molecule has 1 heterocycles. The fourth-order valence-electron chi connectivity index (χ4n) is 1.47. The molecular formula is C12H13NO. The van der Waals surface area contributed by atoms with Gasteiger partial charge in [-0.2, -0.15) is 0 Å². The number of fused-ring (bicyclic) bond motifs is 1. The number of hydrogen-bond acceptors (Lipinski definition) is 1. The first-order chi connectivity index (χ1) is 6.77. The molecule has 0 aliphatic rings. The molecule has 1 unspecified atom stereocenters. The molecule has 0 fully saturated rings. The summed E-state index contributed by atoms with van der Waals surface area (Å²) in [5, 5.41) is 10.3. The molecule has 0 aliphatic heterocycles. The van der Waals surface area contributed by atoms with Crippen molar-refractivity contribution < 1.29 is 5.11 Å². The van der Waals surface area contributed by atoms with Crippen molar-refractivity contribution >= 4 is 17.0 Å². The van der Waals surface area contributed by atoms with Crippen LogP contribution in [0.4, 0.5) is 0 Å². The molecule has 1 aromatic carbocycles. The van der Waals surface area contributed by atoms with Crippen LogP contribution in [0.15, 0.2) is 36.5 Å². The van der Waals surface area contributed by atoms with Crippen LogP contribution in [0.2, 0.25) is 0 Å². The van der Waals surface area contributed by atoms with Crippen LogP contribution >= 0.6 is 0 Å². The summed E-state index contributed by atoms with van der Waals surface area (Å²) in [7, 11) is 0. The maximum Gasteiger partial charge on any atom is 0.0696 e. The van der Waals surface area contributed by atoms with E-state index < -0.39 is 6.10 Å². The Hall–Kier alpha value is -1.54. The Labute approximate surface area is 82.9 Å². The minimum atomic E-state index is -0.399. The molecule has 0 saturated carbocycles. The van der Waals surface area contributed by atoms with Crippen LogP contribution in [-0.4, -0.2) is 16.2 Å². The highest BCUT2D eigenvalue weighted by Crippen LogP contribution is 2.18. The van der Waals surface area contributed by atoms with Crippen LogP contribution in [0.1, 0.15) is 12.5 Å². The van der Waals surface area contributed by atoms with Crippen LogP contribution < -0.4 is 0 Å². The van der Waals surface area contributed by atoms with E-state index in [-0.39, 0.29) is 0 Å². The highest BCUT2D eigenvalue weighted by molar-refractivity contribution is 5.88. The summed E-state index contributed by atoms with van der Waals surface area (Å²) in [6, 6.07) is 8.11. The summed E-state index contributed by atoms with van der Waals surface area (Å²) in [6.07, 6.45) is 5.26. The van der Waals surface area contributed by atoms with Crippen LogP contribution in [0.5, 0.6) is 0 Å². The summed E-state index contributed by atoms with van der Waals surface area (Å²) >= 11 is 0. The zero-order valence-electron chi connectivity index (χ0n) is 8.07. The van der Waals surface area contributed by atoms with Gasteiger partial charge >= 0.3 is 0 Å². The van der Waals surface area contributed by atoms with Crippen LogP contribution in [-0.2, 0) is 0 Å².